The molecule has 144 valence electrons. The Morgan fingerprint density at radius 2 is 1.52 bits per heavy atom. The van der Waals surface area contributed by atoms with Crippen molar-refractivity contribution in [3.63, 3.8) is 0 Å². The lowest BCUT2D eigenvalue weighted by Gasteiger charge is -2.20. The van der Waals surface area contributed by atoms with E-state index in [0.29, 0.717) is 6.42 Å². The second-order valence-corrected chi connectivity index (χ2v) is 6.92. The van der Waals surface area contributed by atoms with Crippen LogP contribution < -0.4 is 0 Å². The first-order chi connectivity index (χ1) is 14.0. The number of hydrogen-bond acceptors (Lipinski definition) is 4. The Labute approximate surface area is 168 Å². The van der Waals surface area contributed by atoms with Crippen molar-refractivity contribution in [2.75, 3.05) is 0 Å². The molecule has 3 aromatic rings. The molecule has 1 aliphatic heterocycles. The Balaban J connectivity index is 1.59. The predicted molar refractivity (Wildman–Crippen MR) is 111 cm³/mol. The Morgan fingerprint density at radius 1 is 0.931 bits per heavy atom. The fourth-order valence-corrected chi connectivity index (χ4v) is 3.54. The van der Waals surface area contributed by atoms with Crippen LogP contribution in [0.4, 0.5) is 5.69 Å². The zero-order chi connectivity index (χ0) is 20.4. The summed E-state index contributed by atoms with van der Waals surface area (Å²) in [5.41, 5.74) is 4.89. The number of nitro benzene ring substituents is 1. The van der Waals surface area contributed by atoms with Gasteiger partial charge in [-0.1, -0.05) is 66.7 Å². The van der Waals surface area contributed by atoms with Gasteiger partial charge in [-0.3, -0.25) is 14.9 Å². The number of carbonyl (C=O) groups is 1. The molecule has 0 aromatic heterocycles. The molecule has 6 heteroatoms. The molecule has 0 bridgehead atoms. The first-order valence-electron chi connectivity index (χ1n) is 9.30. The van der Waals surface area contributed by atoms with E-state index in [1.54, 1.807) is 12.1 Å². The minimum atomic E-state index is -0.433. The second kappa shape index (κ2) is 7.67. The highest BCUT2D eigenvalue weighted by Crippen LogP contribution is 2.34. The normalized spacial score (nSPS) is 15.8. The second-order valence-electron chi connectivity index (χ2n) is 6.92. The van der Waals surface area contributed by atoms with E-state index < -0.39 is 4.92 Å². The molecule has 1 atom stereocenters. The van der Waals surface area contributed by atoms with Crippen molar-refractivity contribution in [2.45, 2.75) is 19.4 Å². The third kappa shape index (κ3) is 3.78. The van der Waals surface area contributed by atoms with Gasteiger partial charge in [-0.15, -0.1) is 0 Å². The molecule has 1 aliphatic rings. The maximum atomic E-state index is 12.1. The highest BCUT2D eigenvalue weighted by Gasteiger charge is 2.31. The number of amides is 1. The summed E-state index contributed by atoms with van der Waals surface area (Å²) in [6.07, 6.45) is 0.558. The van der Waals surface area contributed by atoms with Crippen LogP contribution in [-0.4, -0.2) is 21.6 Å². The van der Waals surface area contributed by atoms with Crippen LogP contribution in [0.15, 0.2) is 84.0 Å². The molecule has 0 radical (unpaired) electrons. The summed E-state index contributed by atoms with van der Waals surface area (Å²) in [6, 6.07) is 24.3. The Bertz CT molecular complexity index is 1070. The van der Waals surface area contributed by atoms with Gasteiger partial charge >= 0.3 is 0 Å². The van der Waals surface area contributed by atoms with E-state index in [-0.39, 0.29) is 17.6 Å². The van der Waals surface area contributed by atoms with E-state index in [9.17, 15) is 14.9 Å². The lowest BCUT2D eigenvalue weighted by molar-refractivity contribution is -0.384. The Kier molecular flexibility index (Phi) is 4.91. The maximum Gasteiger partial charge on any atom is 0.269 e. The number of nitrogens with zero attached hydrogens (tertiary/aromatic N) is 3. The summed E-state index contributed by atoms with van der Waals surface area (Å²) >= 11 is 0. The summed E-state index contributed by atoms with van der Waals surface area (Å²) in [5.74, 6) is -0.163. The lowest BCUT2D eigenvalue weighted by atomic mass is 9.96. The molecule has 0 fully saturated rings. The first kappa shape index (κ1) is 18.6. The number of rotatable bonds is 4. The van der Waals surface area contributed by atoms with Gasteiger partial charge in [-0.05, 0) is 22.3 Å². The van der Waals surface area contributed by atoms with Gasteiger partial charge < -0.3 is 0 Å². The molecule has 0 saturated heterocycles. The Hall–Kier alpha value is -3.80. The van der Waals surface area contributed by atoms with Gasteiger partial charge in [0.15, 0.2) is 0 Å². The minimum Gasteiger partial charge on any atom is -0.273 e. The van der Waals surface area contributed by atoms with Crippen molar-refractivity contribution >= 4 is 17.3 Å². The SMILES string of the molecule is CC(=O)N1N=C(c2ccc(-c3ccccc3)cc2)CC1c1ccc([N+](=O)[O-])cc1. The van der Waals surface area contributed by atoms with Gasteiger partial charge in [0.25, 0.3) is 5.69 Å². The van der Waals surface area contributed by atoms with Gasteiger partial charge in [0.1, 0.15) is 0 Å². The number of benzene rings is 3. The topological polar surface area (TPSA) is 75.8 Å². The van der Waals surface area contributed by atoms with Crippen molar-refractivity contribution in [3.05, 3.63) is 100 Å². The van der Waals surface area contributed by atoms with E-state index >= 15 is 0 Å². The molecular formula is C23H19N3O3. The number of hydrazone groups is 1. The molecule has 29 heavy (non-hydrogen) atoms. The van der Waals surface area contributed by atoms with Crippen LogP contribution in [0.3, 0.4) is 0 Å². The highest BCUT2D eigenvalue weighted by molar-refractivity contribution is 6.03. The van der Waals surface area contributed by atoms with Gasteiger partial charge in [-0.25, -0.2) is 5.01 Å². The largest absolute Gasteiger partial charge is 0.273 e. The molecule has 4 rings (SSSR count). The van der Waals surface area contributed by atoms with Crippen molar-refractivity contribution in [1.82, 2.24) is 5.01 Å². The molecule has 0 saturated carbocycles. The van der Waals surface area contributed by atoms with Crippen molar-refractivity contribution < 1.29 is 9.72 Å². The predicted octanol–water partition coefficient (Wildman–Crippen LogP) is 4.96. The van der Waals surface area contributed by atoms with Gasteiger partial charge in [0, 0.05) is 25.5 Å². The third-order valence-electron chi connectivity index (χ3n) is 5.05. The van der Waals surface area contributed by atoms with Gasteiger partial charge in [0.2, 0.25) is 5.91 Å². The van der Waals surface area contributed by atoms with E-state index in [4.69, 9.17) is 0 Å². The zero-order valence-electron chi connectivity index (χ0n) is 15.9. The molecule has 0 aliphatic carbocycles. The lowest BCUT2D eigenvalue weighted by Crippen LogP contribution is -2.24. The van der Waals surface area contributed by atoms with E-state index in [2.05, 4.69) is 17.2 Å². The smallest absolute Gasteiger partial charge is 0.269 e. The molecule has 3 aromatic carbocycles. The van der Waals surface area contributed by atoms with Gasteiger partial charge in [-0.2, -0.15) is 5.10 Å². The monoisotopic (exact) mass is 385 g/mol. The van der Waals surface area contributed by atoms with E-state index in [0.717, 1.165) is 28.0 Å². The first-order valence-corrected chi connectivity index (χ1v) is 9.30. The molecule has 0 spiro atoms. The quantitative estimate of drug-likeness (QED) is 0.470. The number of nitro groups is 1. The number of carbonyl (C=O) groups excluding carboxylic acids is 1. The van der Waals surface area contributed by atoms with Crippen LogP contribution >= 0.6 is 0 Å². The van der Waals surface area contributed by atoms with Crippen LogP contribution in [0, 0.1) is 10.1 Å². The molecule has 1 unspecified atom stereocenters. The van der Waals surface area contributed by atoms with E-state index in [1.165, 1.54) is 24.1 Å². The molecule has 1 heterocycles. The molecule has 0 N–H and O–H groups in total. The van der Waals surface area contributed by atoms with Crippen molar-refractivity contribution in [1.29, 1.82) is 0 Å². The summed E-state index contributed by atoms with van der Waals surface area (Å²) in [5, 5.41) is 16.9. The van der Waals surface area contributed by atoms with Gasteiger partial charge in [0.05, 0.1) is 16.7 Å². The molecular weight excluding hydrogens is 366 g/mol. The maximum absolute atomic E-state index is 12.1. The zero-order valence-corrected chi connectivity index (χ0v) is 15.9. The van der Waals surface area contributed by atoms with E-state index in [1.807, 2.05) is 42.5 Å². The summed E-state index contributed by atoms with van der Waals surface area (Å²) in [6.45, 7) is 1.48. The molecule has 6 nitrogen and oxygen atoms in total. The molecule has 1 amide bonds. The highest BCUT2D eigenvalue weighted by atomic mass is 16.6. The van der Waals surface area contributed by atoms with Crippen molar-refractivity contribution in [3.8, 4) is 11.1 Å². The average Bonchev–Trinajstić information content (AvgIpc) is 3.20. The van der Waals surface area contributed by atoms with Crippen LogP contribution in [0.5, 0.6) is 0 Å². The minimum absolute atomic E-state index is 0.0266. The van der Waals surface area contributed by atoms with Crippen LogP contribution in [0.1, 0.15) is 30.5 Å². The fourth-order valence-electron chi connectivity index (χ4n) is 3.54. The van der Waals surface area contributed by atoms with Crippen LogP contribution in [0.2, 0.25) is 0 Å². The van der Waals surface area contributed by atoms with Crippen LogP contribution in [-0.2, 0) is 4.79 Å². The Morgan fingerprint density at radius 3 is 2.10 bits per heavy atom. The number of non-ortho nitro benzene ring substituents is 1. The third-order valence-corrected chi connectivity index (χ3v) is 5.05. The van der Waals surface area contributed by atoms with Crippen molar-refractivity contribution in [2.24, 2.45) is 5.10 Å². The standard InChI is InChI=1S/C23H19N3O3/c1-16(27)25-23(20-11-13-21(14-12-20)26(28)29)15-22(24-25)19-9-7-18(8-10-19)17-5-3-2-4-6-17/h2-14,23H,15H2,1H3. The summed E-state index contributed by atoms with van der Waals surface area (Å²) in [7, 11) is 0. The fraction of sp³-hybridized carbons (Fsp3) is 0.130. The summed E-state index contributed by atoms with van der Waals surface area (Å²) in [4.78, 5) is 22.6. The number of hydrogen-bond donors (Lipinski definition) is 0. The average molecular weight is 385 g/mol. The summed E-state index contributed by atoms with van der Waals surface area (Å²) < 4.78 is 0. The van der Waals surface area contributed by atoms with Crippen LogP contribution in [0.25, 0.3) is 11.1 Å².